The van der Waals surface area contributed by atoms with Crippen LogP contribution in [0.1, 0.15) is 16.4 Å². The van der Waals surface area contributed by atoms with Crippen LogP contribution < -0.4 is 5.32 Å². The van der Waals surface area contributed by atoms with E-state index in [1.54, 1.807) is 31.2 Å². The third kappa shape index (κ3) is 3.26. The molecule has 122 valence electrons. The van der Waals surface area contributed by atoms with Crippen molar-refractivity contribution >= 4 is 23.2 Å². The second-order valence-electron chi connectivity index (χ2n) is 4.96. The van der Waals surface area contributed by atoms with Crippen LogP contribution in [0.2, 0.25) is 5.02 Å². The minimum absolute atomic E-state index is 0.0998. The number of hydrogen-bond donors (Lipinski definition) is 1. The third-order valence-electron chi connectivity index (χ3n) is 3.20. The number of carbonyl (C=O) groups is 1. The first kappa shape index (κ1) is 16.1. The second kappa shape index (κ2) is 6.37. The Hall–Kier alpha value is -2.80. The van der Waals surface area contributed by atoms with Crippen molar-refractivity contribution in [3.63, 3.8) is 0 Å². The molecule has 0 unspecified atom stereocenters. The maximum atomic E-state index is 13.2. The van der Waals surface area contributed by atoms with Crippen molar-refractivity contribution < 1.29 is 13.6 Å². The lowest BCUT2D eigenvalue weighted by molar-refractivity contribution is 0.101. The molecule has 0 aliphatic carbocycles. The molecule has 0 bridgehead atoms. The minimum atomic E-state index is -1.05. The zero-order valence-electron chi connectivity index (χ0n) is 12.4. The van der Waals surface area contributed by atoms with E-state index in [1.165, 1.54) is 10.7 Å². The highest BCUT2D eigenvalue weighted by Crippen LogP contribution is 2.17. The van der Waals surface area contributed by atoms with Crippen LogP contribution in [0.3, 0.4) is 0 Å². The van der Waals surface area contributed by atoms with Crippen molar-refractivity contribution in [1.29, 1.82) is 0 Å². The Morgan fingerprint density at radius 2 is 1.96 bits per heavy atom. The zero-order chi connectivity index (χ0) is 17.3. The quantitative estimate of drug-likeness (QED) is 0.784. The fraction of sp³-hybridized carbons (Fsp3) is 0.0625. The average Bonchev–Trinajstić information content (AvgIpc) is 2.93. The van der Waals surface area contributed by atoms with E-state index in [0.717, 1.165) is 12.1 Å². The number of halogens is 3. The van der Waals surface area contributed by atoms with Crippen molar-refractivity contribution in [3.05, 3.63) is 70.8 Å². The molecule has 0 aliphatic rings. The molecule has 1 heterocycles. The summed E-state index contributed by atoms with van der Waals surface area (Å²) in [7, 11) is 0. The van der Waals surface area contributed by atoms with Crippen molar-refractivity contribution in [2.24, 2.45) is 0 Å². The summed E-state index contributed by atoms with van der Waals surface area (Å²) in [5, 5.41) is 7.07. The molecular formula is C16H11ClF2N4O. The molecular weight excluding hydrogens is 338 g/mol. The lowest BCUT2D eigenvalue weighted by Gasteiger charge is -2.03. The number of nitrogens with zero attached hydrogens (tertiary/aromatic N) is 3. The third-order valence-corrected chi connectivity index (χ3v) is 3.44. The van der Waals surface area contributed by atoms with Gasteiger partial charge in [-0.3, -0.25) is 4.79 Å². The first-order valence-electron chi connectivity index (χ1n) is 6.90. The van der Waals surface area contributed by atoms with Gasteiger partial charge in [0.25, 0.3) is 5.91 Å². The van der Waals surface area contributed by atoms with Crippen LogP contribution in [0.15, 0.2) is 42.5 Å². The summed E-state index contributed by atoms with van der Waals surface area (Å²) in [4.78, 5) is 16.3. The van der Waals surface area contributed by atoms with Gasteiger partial charge in [-0.15, -0.1) is 5.10 Å². The second-order valence-corrected chi connectivity index (χ2v) is 5.39. The summed E-state index contributed by atoms with van der Waals surface area (Å²) in [5.41, 5.74) is 0.759. The molecule has 0 saturated carbocycles. The van der Waals surface area contributed by atoms with E-state index in [4.69, 9.17) is 11.6 Å². The first-order chi connectivity index (χ1) is 11.4. The maximum Gasteiger partial charge on any atom is 0.295 e. The van der Waals surface area contributed by atoms with Crippen LogP contribution in [0.5, 0.6) is 0 Å². The number of amides is 1. The molecule has 1 amide bonds. The maximum absolute atomic E-state index is 13.2. The molecule has 0 spiro atoms. The smallest absolute Gasteiger partial charge is 0.295 e. The van der Waals surface area contributed by atoms with Gasteiger partial charge in [0.05, 0.1) is 5.69 Å². The van der Waals surface area contributed by atoms with Crippen LogP contribution in [-0.2, 0) is 0 Å². The van der Waals surface area contributed by atoms with Gasteiger partial charge in [0, 0.05) is 16.8 Å². The van der Waals surface area contributed by atoms with E-state index in [2.05, 4.69) is 15.4 Å². The minimum Gasteiger partial charge on any atom is -0.319 e. The normalized spacial score (nSPS) is 10.7. The lowest BCUT2D eigenvalue weighted by atomic mass is 10.3. The number of rotatable bonds is 3. The van der Waals surface area contributed by atoms with E-state index < -0.39 is 17.5 Å². The molecule has 0 saturated heterocycles. The van der Waals surface area contributed by atoms with Crippen molar-refractivity contribution in [1.82, 2.24) is 14.8 Å². The standard InChI is InChI=1S/C16H11ClF2N4O/c1-9-20-15(22-23(9)12-4-2-3-10(17)7-12)16(24)21-11-5-6-13(18)14(19)8-11/h2-8H,1H3,(H,21,24). The fourth-order valence-corrected chi connectivity index (χ4v) is 2.28. The summed E-state index contributed by atoms with van der Waals surface area (Å²) in [6, 6.07) is 9.97. The van der Waals surface area contributed by atoms with Gasteiger partial charge in [-0.25, -0.2) is 18.4 Å². The van der Waals surface area contributed by atoms with Crippen LogP contribution in [-0.4, -0.2) is 20.7 Å². The molecule has 24 heavy (non-hydrogen) atoms. The monoisotopic (exact) mass is 348 g/mol. The number of aryl methyl sites for hydroxylation is 1. The molecule has 0 fully saturated rings. The zero-order valence-corrected chi connectivity index (χ0v) is 13.2. The molecule has 2 aromatic carbocycles. The topological polar surface area (TPSA) is 59.8 Å². The SMILES string of the molecule is Cc1nc(C(=O)Nc2ccc(F)c(F)c2)nn1-c1cccc(Cl)c1. The van der Waals surface area contributed by atoms with Gasteiger partial charge in [0.15, 0.2) is 11.6 Å². The highest BCUT2D eigenvalue weighted by atomic mass is 35.5. The summed E-state index contributed by atoms with van der Waals surface area (Å²) >= 11 is 5.94. The Bertz CT molecular complexity index is 926. The van der Waals surface area contributed by atoms with Crippen LogP contribution in [0.4, 0.5) is 14.5 Å². The van der Waals surface area contributed by atoms with Gasteiger partial charge < -0.3 is 5.32 Å². The van der Waals surface area contributed by atoms with E-state index in [9.17, 15) is 13.6 Å². The number of hydrogen-bond acceptors (Lipinski definition) is 3. The van der Waals surface area contributed by atoms with Gasteiger partial charge in [0.2, 0.25) is 5.82 Å². The van der Waals surface area contributed by atoms with E-state index in [0.29, 0.717) is 16.5 Å². The Morgan fingerprint density at radius 1 is 1.17 bits per heavy atom. The average molecular weight is 349 g/mol. The van der Waals surface area contributed by atoms with Gasteiger partial charge >= 0.3 is 0 Å². The predicted octanol–water partition coefficient (Wildman–Crippen LogP) is 3.76. The number of nitrogens with one attached hydrogen (secondary N) is 1. The van der Waals surface area contributed by atoms with Gasteiger partial charge in [-0.05, 0) is 37.3 Å². The van der Waals surface area contributed by atoms with Crippen molar-refractivity contribution in [2.75, 3.05) is 5.32 Å². The van der Waals surface area contributed by atoms with Gasteiger partial charge in [0.1, 0.15) is 5.82 Å². The largest absolute Gasteiger partial charge is 0.319 e. The van der Waals surface area contributed by atoms with Crippen LogP contribution in [0, 0.1) is 18.6 Å². The Kier molecular flexibility index (Phi) is 4.26. The molecule has 1 aromatic heterocycles. The lowest BCUT2D eigenvalue weighted by Crippen LogP contribution is -2.14. The van der Waals surface area contributed by atoms with Crippen LogP contribution in [0.25, 0.3) is 5.69 Å². The molecule has 8 heteroatoms. The molecule has 5 nitrogen and oxygen atoms in total. The molecule has 3 aromatic rings. The summed E-state index contributed by atoms with van der Waals surface area (Å²) in [6.07, 6.45) is 0. The first-order valence-corrected chi connectivity index (χ1v) is 7.28. The Balaban J connectivity index is 1.86. The summed E-state index contributed by atoms with van der Waals surface area (Å²) in [5.74, 6) is -2.30. The molecule has 1 N–H and O–H groups in total. The number of carbonyl (C=O) groups excluding carboxylic acids is 1. The molecule has 3 rings (SSSR count). The highest BCUT2D eigenvalue weighted by molar-refractivity contribution is 6.30. The van der Waals surface area contributed by atoms with Crippen LogP contribution >= 0.6 is 11.6 Å². The number of benzene rings is 2. The summed E-state index contributed by atoms with van der Waals surface area (Å²) in [6.45, 7) is 1.68. The van der Waals surface area contributed by atoms with Crippen molar-refractivity contribution in [3.8, 4) is 5.69 Å². The fourth-order valence-electron chi connectivity index (χ4n) is 2.10. The Morgan fingerprint density at radius 3 is 2.67 bits per heavy atom. The number of anilines is 1. The van der Waals surface area contributed by atoms with E-state index >= 15 is 0 Å². The molecule has 0 atom stereocenters. The van der Waals surface area contributed by atoms with Crippen molar-refractivity contribution in [2.45, 2.75) is 6.92 Å². The predicted molar refractivity (Wildman–Crippen MR) is 85.4 cm³/mol. The van der Waals surface area contributed by atoms with E-state index in [-0.39, 0.29) is 11.5 Å². The molecule has 0 aliphatic heterocycles. The summed E-state index contributed by atoms with van der Waals surface area (Å²) < 4.78 is 27.6. The van der Waals surface area contributed by atoms with Gasteiger partial charge in [-0.1, -0.05) is 17.7 Å². The van der Waals surface area contributed by atoms with Gasteiger partial charge in [-0.2, -0.15) is 0 Å². The van der Waals surface area contributed by atoms with E-state index in [1.807, 2.05) is 0 Å². The molecule has 0 radical (unpaired) electrons. The number of aromatic nitrogens is 3. The highest BCUT2D eigenvalue weighted by Gasteiger charge is 2.16. The Labute approximate surface area is 140 Å².